The second kappa shape index (κ2) is 5.73. The van der Waals surface area contributed by atoms with E-state index in [4.69, 9.17) is 5.73 Å². The molecule has 0 saturated heterocycles. The minimum absolute atomic E-state index is 0.136. The lowest BCUT2D eigenvalue weighted by Gasteiger charge is -2.19. The van der Waals surface area contributed by atoms with Crippen LogP contribution in [0.4, 0.5) is 4.39 Å². The first-order chi connectivity index (χ1) is 6.77. The lowest BCUT2D eigenvalue weighted by atomic mass is 10.2. The van der Waals surface area contributed by atoms with E-state index >= 15 is 0 Å². The van der Waals surface area contributed by atoms with Crippen LogP contribution in [-0.4, -0.2) is 24.5 Å². The molecule has 0 heterocycles. The van der Waals surface area contributed by atoms with Gasteiger partial charge in [-0.3, -0.25) is 4.90 Å². The number of likely N-dealkylation sites (N-methyl/N-ethyl adjacent to an activating group) is 1. The highest BCUT2D eigenvalue weighted by Gasteiger charge is 2.05. The first-order valence-corrected chi connectivity index (χ1v) is 4.93. The summed E-state index contributed by atoms with van der Waals surface area (Å²) in [6.07, 6.45) is 0. The molecular formula is C11H17FN2. The Bertz CT molecular complexity index is 276. The average molecular weight is 196 g/mol. The van der Waals surface area contributed by atoms with E-state index in [0.29, 0.717) is 13.1 Å². The Morgan fingerprint density at radius 1 is 1.36 bits per heavy atom. The summed E-state index contributed by atoms with van der Waals surface area (Å²) in [6.45, 7) is 5.01. The molecule has 0 aliphatic rings. The fourth-order valence-corrected chi connectivity index (χ4v) is 1.40. The van der Waals surface area contributed by atoms with Gasteiger partial charge in [0, 0.05) is 25.2 Å². The number of benzene rings is 1. The van der Waals surface area contributed by atoms with Gasteiger partial charge in [0.1, 0.15) is 5.82 Å². The van der Waals surface area contributed by atoms with Gasteiger partial charge in [0.25, 0.3) is 0 Å². The van der Waals surface area contributed by atoms with Gasteiger partial charge in [0.2, 0.25) is 0 Å². The fraction of sp³-hybridized carbons (Fsp3) is 0.455. The molecule has 0 aliphatic carbocycles. The van der Waals surface area contributed by atoms with Gasteiger partial charge in [-0.1, -0.05) is 25.1 Å². The van der Waals surface area contributed by atoms with Crippen LogP contribution in [0.2, 0.25) is 0 Å². The number of hydrogen-bond acceptors (Lipinski definition) is 2. The third-order valence-corrected chi connectivity index (χ3v) is 2.24. The van der Waals surface area contributed by atoms with Crippen molar-refractivity contribution in [2.45, 2.75) is 13.5 Å². The lowest BCUT2D eigenvalue weighted by Crippen LogP contribution is -2.29. The van der Waals surface area contributed by atoms with Crippen LogP contribution in [0, 0.1) is 5.82 Å². The molecule has 0 atom stereocenters. The van der Waals surface area contributed by atoms with Crippen LogP contribution in [0.1, 0.15) is 12.5 Å². The molecule has 1 aromatic carbocycles. The normalized spacial score (nSPS) is 10.9. The summed E-state index contributed by atoms with van der Waals surface area (Å²) < 4.78 is 13.3. The van der Waals surface area contributed by atoms with Gasteiger partial charge in [-0.05, 0) is 12.6 Å². The van der Waals surface area contributed by atoms with E-state index in [1.165, 1.54) is 6.07 Å². The SMILES string of the molecule is CCN(CCN)Cc1ccccc1F. The Morgan fingerprint density at radius 2 is 2.07 bits per heavy atom. The maximum atomic E-state index is 13.3. The molecule has 3 heteroatoms. The summed E-state index contributed by atoms with van der Waals surface area (Å²) in [5.41, 5.74) is 6.20. The highest BCUT2D eigenvalue weighted by atomic mass is 19.1. The summed E-state index contributed by atoms with van der Waals surface area (Å²) in [6, 6.07) is 6.87. The van der Waals surface area contributed by atoms with Crippen LogP contribution >= 0.6 is 0 Å². The first-order valence-electron chi connectivity index (χ1n) is 4.93. The number of rotatable bonds is 5. The van der Waals surface area contributed by atoms with Gasteiger partial charge in [-0.2, -0.15) is 0 Å². The number of halogens is 1. The Morgan fingerprint density at radius 3 is 2.64 bits per heavy atom. The molecule has 78 valence electrons. The van der Waals surface area contributed by atoms with Gasteiger partial charge in [0.05, 0.1) is 0 Å². The third kappa shape index (κ3) is 3.09. The summed E-state index contributed by atoms with van der Waals surface area (Å²) >= 11 is 0. The largest absolute Gasteiger partial charge is 0.329 e. The monoisotopic (exact) mass is 196 g/mol. The summed E-state index contributed by atoms with van der Waals surface area (Å²) in [4.78, 5) is 2.12. The molecular weight excluding hydrogens is 179 g/mol. The van der Waals surface area contributed by atoms with E-state index in [0.717, 1.165) is 18.7 Å². The van der Waals surface area contributed by atoms with Crippen molar-refractivity contribution < 1.29 is 4.39 Å². The Kier molecular flexibility index (Phi) is 4.56. The number of nitrogens with two attached hydrogens (primary N) is 1. The van der Waals surface area contributed by atoms with Crippen molar-refractivity contribution in [2.75, 3.05) is 19.6 Å². The fourth-order valence-electron chi connectivity index (χ4n) is 1.40. The molecule has 2 nitrogen and oxygen atoms in total. The summed E-state index contributed by atoms with van der Waals surface area (Å²) in [7, 11) is 0. The van der Waals surface area contributed by atoms with Gasteiger partial charge in [-0.25, -0.2) is 4.39 Å². The molecule has 1 rings (SSSR count). The van der Waals surface area contributed by atoms with E-state index in [-0.39, 0.29) is 5.82 Å². The highest BCUT2D eigenvalue weighted by molar-refractivity contribution is 5.17. The van der Waals surface area contributed by atoms with E-state index in [1.807, 2.05) is 12.1 Å². The van der Waals surface area contributed by atoms with Crippen molar-refractivity contribution in [3.63, 3.8) is 0 Å². The van der Waals surface area contributed by atoms with Crippen LogP contribution in [0.15, 0.2) is 24.3 Å². The van der Waals surface area contributed by atoms with E-state index in [2.05, 4.69) is 11.8 Å². The molecule has 0 bridgehead atoms. The van der Waals surface area contributed by atoms with Crippen LogP contribution < -0.4 is 5.73 Å². The Labute approximate surface area is 84.5 Å². The Hall–Kier alpha value is -0.930. The molecule has 0 spiro atoms. The third-order valence-electron chi connectivity index (χ3n) is 2.24. The minimum atomic E-state index is -0.136. The van der Waals surface area contributed by atoms with Crippen LogP contribution in [0.25, 0.3) is 0 Å². The molecule has 0 aromatic heterocycles. The molecule has 14 heavy (non-hydrogen) atoms. The van der Waals surface area contributed by atoms with Crippen molar-refractivity contribution in [1.29, 1.82) is 0 Å². The van der Waals surface area contributed by atoms with Crippen molar-refractivity contribution in [2.24, 2.45) is 5.73 Å². The zero-order valence-electron chi connectivity index (χ0n) is 8.54. The average Bonchev–Trinajstić information content (AvgIpc) is 2.20. The zero-order valence-corrected chi connectivity index (χ0v) is 8.54. The summed E-state index contributed by atoms with van der Waals surface area (Å²) in [5.74, 6) is -0.136. The molecule has 0 aliphatic heterocycles. The zero-order chi connectivity index (χ0) is 10.4. The van der Waals surface area contributed by atoms with Gasteiger partial charge >= 0.3 is 0 Å². The van der Waals surface area contributed by atoms with Crippen LogP contribution in [0.3, 0.4) is 0 Å². The standard InChI is InChI=1S/C11H17FN2/c1-2-14(8-7-13)9-10-5-3-4-6-11(10)12/h3-6H,2,7-9,13H2,1H3. The smallest absolute Gasteiger partial charge is 0.127 e. The molecule has 2 N–H and O–H groups in total. The predicted molar refractivity (Wildman–Crippen MR) is 56.4 cm³/mol. The maximum Gasteiger partial charge on any atom is 0.127 e. The van der Waals surface area contributed by atoms with Gasteiger partial charge < -0.3 is 5.73 Å². The van der Waals surface area contributed by atoms with Crippen molar-refractivity contribution >= 4 is 0 Å². The van der Waals surface area contributed by atoms with Crippen molar-refractivity contribution in [1.82, 2.24) is 4.90 Å². The first kappa shape index (κ1) is 11.1. The molecule has 0 fully saturated rings. The molecule has 1 aromatic rings. The quantitative estimate of drug-likeness (QED) is 0.775. The lowest BCUT2D eigenvalue weighted by molar-refractivity contribution is 0.284. The second-order valence-electron chi connectivity index (χ2n) is 3.25. The second-order valence-corrected chi connectivity index (χ2v) is 3.25. The molecule has 0 saturated carbocycles. The molecule has 0 unspecified atom stereocenters. The van der Waals surface area contributed by atoms with Crippen LogP contribution in [0.5, 0.6) is 0 Å². The highest BCUT2D eigenvalue weighted by Crippen LogP contribution is 2.09. The Balaban J connectivity index is 2.62. The topological polar surface area (TPSA) is 29.3 Å². The van der Waals surface area contributed by atoms with Gasteiger partial charge in [-0.15, -0.1) is 0 Å². The summed E-state index contributed by atoms with van der Waals surface area (Å²) in [5, 5.41) is 0. The van der Waals surface area contributed by atoms with Crippen LogP contribution in [-0.2, 0) is 6.54 Å². The molecule has 0 amide bonds. The number of nitrogens with zero attached hydrogens (tertiary/aromatic N) is 1. The minimum Gasteiger partial charge on any atom is -0.329 e. The van der Waals surface area contributed by atoms with E-state index in [1.54, 1.807) is 6.07 Å². The number of hydrogen-bond donors (Lipinski definition) is 1. The predicted octanol–water partition coefficient (Wildman–Crippen LogP) is 1.61. The van der Waals surface area contributed by atoms with Crippen molar-refractivity contribution in [3.8, 4) is 0 Å². The van der Waals surface area contributed by atoms with Crippen molar-refractivity contribution in [3.05, 3.63) is 35.6 Å². The molecule has 0 radical (unpaired) electrons. The van der Waals surface area contributed by atoms with Gasteiger partial charge in [0.15, 0.2) is 0 Å². The van der Waals surface area contributed by atoms with E-state index < -0.39 is 0 Å². The maximum absolute atomic E-state index is 13.3. The van der Waals surface area contributed by atoms with E-state index in [9.17, 15) is 4.39 Å².